The minimum atomic E-state index is -1.50. The maximum atomic E-state index is 12.7. The summed E-state index contributed by atoms with van der Waals surface area (Å²) in [6.45, 7) is 0.0731. The van der Waals surface area contributed by atoms with Gasteiger partial charge in [0, 0.05) is 17.2 Å². The van der Waals surface area contributed by atoms with Gasteiger partial charge in [0.1, 0.15) is 18.4 Å². The van der Waals surface area contributed by atoms with Crippen molar-refractivity contribution in [1.82, 2.24) is 0 Å². The molecule has 1 aliphatic carbocycles. The second-order valence-corrected chi connectivity index (χ2v) is 8.62. The first-order valence-electron chi connectivity index (χ1n) is 10.6. The normalized spacial score (nSPS) is 14.0. The van der Waals surface area contributed by atoms with Crippen molar-refractivity contribution >= 4 is 42.0 Å². The van der Waals surface area contributed by atoms with Gasteiger partial charge in [-0.25, -0.2) is 9.59 Å². The summed E-state index contributed by atoms with van der Waals surface area (Å²) in [6.07, 6.45) is 0. The van der Waals surface area contributed by atoms with Crippen LogP contribution in [0.1, 0.15) is 27.4 Å². The predicted molar refractivity (Wildman–Crippen MR) is 133 cm³/mol. The lowest BCUT2D eigenvalue weighted by atomic mass is 9.98. The highest BCUT2D eigenvalue weighted by atomic mass is 35.5. The number of ether oxygens (including phenoxy) is 2. The molecular formula is C26H22ClNO5S. The van der Waals surface area contributed by atoms with E-state index in [4.69, 9.17) is 26.8 Å². The average Bonchev–Trinajstić information content (AvgIpc) is 3.20. The fourth-order valence-electron chi connectivity index (χ4n) is 3.89. The van der Waals surface area contributed by atoms with E-state index in [9.17, 15) is 14.4 Å². The number of Topliss-reactive ketones (excluding diaryl/α,β-unsaturated/α-hetero) is 1. The van der Waals surface area contributed by atoms with Gasteiger partial charge in [-0.3, -0.25) is 4.79 Å². The van der Waals surface area contributed by atoms with Crippen molar-refractivity contribution in [3.63, 3.8) is 0 Å². The fourth-order valence-corrected chi connectivity index (χ4v) is 4.22. The molecule has 2 atom stereocenters. The maximum Gasteiger partial charge on any atom is 0.332 e. The molecule has 0 saturated carbocycles. The van der Waals surface area contributed by atoms with E-state index in [2.05, 4.69) is 12.6 Å². The Bertz CT molecular complexity index is 1180. The summed E-state index contributed by atoms with van der Waals surface area (Å²) in [4.78, 5) is 37.0. The predicted octanol–water partition coefficient (Wildman–Crippen LogP) is 3.99. The average molecular weight is 496 g/mol. The van der Waals surface area contributed by atoms with Gasteiger partial charge in [0.05, 0.1) is 0 Å². The van der Waals surface area contributed by atoms with E-state index in [-0.39, 0.29) is 29.6 Å². The van der Waals surface area contributed by atoms with Crippen molar-refractivity contribution in [2.75, 3.05) is 12.4 Å². The number of halogens is 1. The van der Waals surface area contributed by atoms with Crippen LogP contribution in [-0.2, 0) is 14.3 Å². The second kappa shape index (κ2) is 10.4. The van der Waals surface area contributed by atoms with Crippen LogP contribution in [0.25, 0.3) is 11.1 Å². The molecule has 3 aromatic carbocycles. The molecule has 0 bridgehead atoms. The van der Waals surface area contributed by atoms with Gasteiger partial charge in [-0.15, -0.1) is 11.6 Å². The fraction of sp³-hybridized carbons (Fsp3) is 0.192. The summed E-state index contributed by atoms with van der Waals surface area (Å²) in [7, 11) is 0. The van der Waals surface area contributed by atoms with Crippen LogP contribution >= 0.6 is 24.2 Å². The first-order valence-corrected chi connectivity index (χ1v) is 11.7. The minimum Gasteiger partial charge on any atom is -0.463 e. The van der Waals surface area contributed by atoms with Crippen LogP contribution in [0.5, 0.6) is 5.75 Å². The minimum absolute atomic E-state index is 0.0731. The molecule has 0 amide bonds. The number of esters is 2. The molecule has 3 aromatic rings. The molecule has 4 rings (SSSR count). The zero-order valence-electron chi connectivity index (χ0n) is 18.0. The van der Waals surface area contributed by atoms with Crippen molar-refractivity contribution in [3.05, 3.63) is 89.5 Å². The monoisotopic (exact) mass is 495 g/mol. The lowest BCUT2D eigenvalue weighted by Crippen LogP contribution is -2.35. The highest BCUT2D eigenvalue weighted by molar-refractivity contribution is 7.80. The molecule has 2 N–H and O–H groups in total. The molecule has 0 radical (unpaired) electrons. The number of hydrogen-bond donors (Lipinski definition) is 2. The number of alkyl halides is 1. The van der Waals surface area contributed by atoms with Gasteiger partial charge in [0.2, 0.25) is 0 Å². The van der Waals surface area contributed by atoms with E-state index in [1.54, 1.807) is 0 Å². The van der Waals surface area contributed by atoms with Gasteiger partial charge in [-0.1, -0.05) is 48.5 Å². The Morgan fingerprint density at radius 1 is 0.882 bits per heavy atom. The van der Waals surface area contributed by atoms with E-state index in [0.29, 0.717) is 0 Å². The number of fused-ring (bicyclic) bond motifs is 3. The van der Waals surface area contributed by atoms with Crippen molar-refractivity contribution < 1.29 is 23.9 Å². The van der Waals surface area contributed by atoms with Crippen LogP contribution < -0.4 is 10.5 Å². The SMILES string of the molecule is N[C@@H](CS)C(=O)Oc1ccc(C(=O)C(Cl)C(=O)OCC2c3ccccc3-c3ccccc32)cc1. The number of ketones is 1. The van der Waals surface area contributed by atoms with Crippen LogP contribution in [0.4, 0.5) is 0 Å². The highest BCUT2D eigenvalue weighted by Gasteiger charge is 2.32. The lowest BCUT2D eigenvalue weighted by molar-refractivity contribution is -0.142. The van der Waals surface area contributed by atoms with Crippen molar-refractivity contribution in [3.8, 4) is 16.9 Å². The molecule has 0 saturated heterocycles. The van der Waals surface area contributed by atoms with Crippen LogP contribution in [0.3, 0.4) is 0 Å². The molecule has 0 spiro atoms. The third-order valence-electron chi connectivity index (χ3n) is 5.65. The Morgan fingerprint density at radius 3 is 2.00 bits per heavy atom. The van der Waals surface area contributed by atoms with Gasteiger partial charge in [0.15, 0.2) is 11.2 Å². The Kier molecular flexibility index (Phi) is 7.36. The molecule has 0 heterocycles. The number of benzene rings is 3. The molecule has 34 heavy (non-hydrogen) atoms. The Labute approximate surface area is 207 Å². The first kappa shape index (κ1) is 24.0. The van der Waals surface area contributed by atoms with Gasteiger partial charge in [-0.05, 0) is 46.5 Å². The quantitative estimate of drug-likeness (QED) is 0.122. The van der Waals surface area contributed by atoms with Crippen molar-refractivity contribution in [1.29, 1.82) is 0 Å². The number of thiol groups is 1. The smallest absolute Gasteiger partial charge is 0.332 e. The third kappa shape index (κ3) is 4.87. The molecule has 174 valence electrons. The summed E-state index contributed by atoms with van der Waals surface area (Å²) in [5, 5.41) is -1.50. The van der Waals surface area contributed by atoms with Crippen LogP contribution in [0.15, 0.2) is 72.8 Å². The third-order valence-corrected chi connectivity index (χ3v) is 6.42. The Hall–Kier alpha value is -3.13. The number of carbonyl (C=O) groups is 3. The second-order valence-electron chi connectivity index (χ2n) is 7.82. The van der Waals surface area contributed by atoms with E-state index in [1.807, 2.05) is 48.5 Å². The molecule has 0 aliphatic heterocycles. The number of hydrogen-bond acceptors (Lipinski definition) is 7. The van der Waals surface area contributed by atoms with Gasteiger partial charge in [0.25, 0.3) is 0 Å². The standard InChI is InChI=1S/C26H22ClNO5S/c27-23(24(29)15-9-11-16(12-10-15)33-25(30)22(28)14-34)26(31)32-13-21-19-7-3-1-5-17(19)18-6-2-4-8-20(18)21/h1-12,21-23,34H,13-14,28H2/t22-,23?/m0/s1. The summed E-state index contributed by atoms with van der Waals surface area (Å²) in [5.41, 5.74) is 10.1. The van der Waals surface area contributed by atoms with Gasteiger partial charge >= 0.3 is 11.9 Å². The topological polar surface area (TPSA) is 95.7 Å². The van der Waals surface area contributed by atoms with E-state index in [0.717, 1.165) is 22.3 Å². The molecule has 0 fully saturated rings. The molecule has 8 heteroatoms. The molecule has 0 aromatic heterocycles. The summed E-state index contributed by atoms with van der Waals surface area (Å²) >= 11 is 10.1. The van der Waals surface area contributed by atoms with Crippen LogP contribution in [-0.4, -0.2) is 41.5 Å². The summed E-state index contributed by atoms with van der Waals surface area (Å²) < 4.78 is 10.6. The lowest BCUT2D eigenvalue weighted by Gasteiger charge is -2.15. The van der Waals surface area contributed by atoms with Crippen LogP contribution in [0.2, 0.25) is 0 Å². The maximum absolute atomic E-state index is 12.7. The molecular weight excluding hydrogens is 474 g/mol. The largest absolute Gasteiger partial charge is 0.463 e. The summed E-state index contributed by atoms with van der Waals surface area (Å²) in [5.74, 6) is -1.83. The number of rotatable bonds is 8. The van der Waals surface area contributed by atoms with Crippen molar-refractivity contribution in [2.45, 2.75) is 17.3 Å². The van der Waals surface area contributed by atoms with Gasteiger partial charge < -0.3 is 15.2 Å². The Morgan fingerprint density at radius 2 is 1.44 bits per heavy atom. The zero-order chi connectivity index (χ0) is 24.2. The zero-order valence-corrected chi connectivity index (χ0v) is 19.7. The van der Waals surface area contributed by atoms with E-state index < -0.39 is 29.1 Å². The first-order chi connectivity index (χ1) is 16.4. The number of nitrogens with two attached hydrogens (primary N) is 1. The number of carbonyl (C=O) groups excluding carboxylic acids is 3. The van der Waals surface area contributed by atoms with Crippen molar-refractivity contribution in [2.24, 2.45) is 5.73 Å². The molecule has 1 aliphatic rings. The summed E-state index contributed by atoms with van der Waals surface area (Å²) in [6, 6.07) is 20.8. The molecule has 1 unspecified atom stereocenters. The van der Waals surface area contributed by atoms with E-state index >= 15 is 0 Å². The Balaban J connectivity index is 1.40. The van der Waals surface area contributed by atoms with Gasteiger partial charge in [-0.2, -0.15) is 12.6 Å². The van der Waals surface area contributed by atoms with Crippen LogP contribution in [0, 0.1) is 0 Å². The molecule has 6 nitrogen and oxygen atoms in total. The highest BCUT2D eigenvalue weighted by Crippen LogP contribution is 2.44. The van der Waals surface area contributed by atoms with E-state index in [1.165, 1.54) is 24.3 Å².